The van der Waals surface area contributed by atoms with Gasteiger partial charge in [-0.25, -0.2) is 0 Å². The zero-order chi connectivity index (χ0) is 11.7. The molecule has 82 valence electrons. The fourth-order valence-electron chi connectivity index (χ4n) is 2.07. The van der Waals surface area contributed by atoms with Crippen LogP contribution in [0.2, 0.25) is 0 Å². The van der Waals surface area contributed by atoms with Gasteiger partial charge in [0.15, 0.2) is 0 Å². The Morgan fingerprint density at radius 3 is 2.75 bits per heavy atom. The topological polar surface area (TPSA) is 39.6 Å². The van der Waals surface area contributed by atoms with Gasteiger partial charge in [-0.1, -0.05) is 19.9 Å². The van der Waals surface area contributed by atoms with Crippen LogP contribution in [0.15, 0.2) is 18.2 Å². The SMILES string of the molecule is Cc1[nH]c2ccc(C(C)C)cc2c1CC#N. The van der Waals surface area contributed by atoms with Gasteiger partial charge in [-0.15, -0.1) is 0 Å². The van der Waals surface area contributed by atoms with Crippen LogP contribution in [-0.2, 0) is 6.42 Å². The van der Waals surface area contributed by atoms with Crippen molar-refractivity contribution in [1.82, 2.24) is 4.98 Å². The largest absolute Gasteiger partial charge is 0.358 e. The van der Waals surface area contributed by atoms with Gasteiger partial charge >= 0.3 is 0 Å². The molecule has 0 saturated heterocycles. The maximum Gasteiger partial charge on any atom is 0.0670 e. The van der Waals surface area contributed by atoms with E-state index >= 15 is 0 Å². The quantitative estimate of drug-likeness (QED) is 0.810. The van der Waals surface area contributed by atoms with Gasteiger partial charge in [0, 0.05) is 16.6 Å². The van der Waals surface area contributed by atoms with Gasteiger partial charge in [0.05, 0.1) is 12.5 Å². The minimum Gasteiger partial charge on any atom is -0.358 e. The van der Waals surface area contributed by atoms with E-state index in [2.05, 4.69) is 43.1 Å². The molecule has 0 saturated carbocycles. The summed E-state index contributed by atoms with van der Waals surface area (Å²) in [6, 6.07) is 8.70. The standard InChI is InChI=1S/C14H16N2/c1-9(2)11-4-5-14-13(8-11)12(6-7-15)10(3)16-14/h4-5,8-9,16H,6H2,1-3H3. The molecule has 0 aliphatic carbocycles. The Hall–Kier alpha value is -1.75. The Morgan fingerprint density at radius 2 is 2.12 bits per heavy atom. The number of nitrogens with one attached hydrogen (secondary N) is 1. The smallest absolute Gasteiger partial charge is 0.0670 e. The number of nitrogens with zero attached hydrogens (tertiary/aromatic N) is 1. The lowest BCUT2D eigenvalue weighted by Crippen LogP contribution is -1.87. The molecule has 2 heteroatoms. The molecule has 0 unspecified atom stereocenters. The molecule has 0 bridgehead atoms. The van der Waals surface area contributed by atoms with E-state index in [0.29, 0.717) is 12.3 Å². The first-order chi connectivity index (χ1) is 7.63. The number of aryl methyl sites for hydroxylation is 1. The predicted molar refractivity (Wildman–Crippen MR) is 66.4 cm³/mol. The molecular weight excluding hydrogens is 196 g/mol. The number of nitriles is 1. The Bertz CT molecular complexity index is 556. The number of fused-ring (bicyclic) bond motifs is 1. The summed E-state index contributed by atoms with van der Waals surface area (Å²) in [6.45, 7) is 6.40. The third-order valence-corrected chi connectivity index (χ3v) is 3.07. The highest BCUT2D eigenvalue weighted by atomic mass is 14.7. The zero-order valence-electron chi connectivity index (χ0n) is 9.96. The Balaban J connectivity index is 2.65. The molecular formula is C14H16N2. The lowest BCUT2D eigenvalue weighted by atomic mass is 9.99. The van der Waals surface area contributed by atoms with Gasteiger partial charge < -0.3 is 4.98 Å². The molecule has 1 aromatic heterocycles. The van der Waals surface area contributed by atoms with Crippen LogP contribution in [0, 0.1) is 18.3 Å². The van der Waals surface area contributed by atoms with Gasteiger partial charge in [0.1, 0.15) is 0 Å². The molecule has 1 N–H and O–H groups in total. The molecule has 0 fully saturated rings. The maximum atomic E-state index is 8.84. The monoisotopic (exact) mass is 212 g/mol. The summed E-state index contributed by atoms with van der Waals surface area (Å²) < 4.78 is 0. The lowest BCUT2D eigenvalue weighted by molar-refractivity contribution is 0.868. The van der Waals surface area contributed by atoms with Crippen molar-refractivity contribution in [3.05, 3.63) is 35.0 Å². The van der Waals surface area contributed by atoms with Crippen LogP contribution in [0.3, 0.4) is 0 Å². The summed E-state index contributed by atoms with van der Waals surface area (Å²) in [5, 5.41) is 10.0. The number of aromatic nitrogens is 1. The van der Waals surface area contributed by atoms with Crippen LogP contribution in [0.1, 0.15) is 36.6 Å². The van der Waals surface area contributed by atoms with Crippen LogP contribution in [0.5, 0.6) is 0 Å². The molecule has 0 spiro atoms. The van der Waals surface area contributed by atoms with Gasteiger partial charge in [-0.3, -0.25) is 0 Å². The van der Waals surface area contributed by atoms with Crippen molar-refractivity contribution in [2.24, 2.45) is 0 Å². The molecule has 0 aliphatic heterocycles. The van der Waals surface area contributed by atoms with Crippen molar-refractivity contribution < 1.29 is 0 Å². The first-order valence-corrected chi connectivity index (χ1v) is 5.61. The van der Waals surface area contributed by atoms with E-state index in [1.54, 1.807) is 0 Å². The minimum absolute atomic E-state index is 0.480. The summed E-state index contributed by atoms with van der Waals surface area (Å²) in [5.41, 5.74) is 4.70. The maximum absolute atomic E-state index is 8.84. The second-order valence-electron chi connectivity index (χ2n) is 4.52. The van der Waals surface area contributed by atoms with Gasteiger partial charge in [-0.05, 0) is 36.1 Å². The summed E-state index contributed by atoms with van der Waals surface area (Å²) in [4.78, 5) is 3.33. The zero-order valence-corrected chi connectivity index (χ0v) is 9.96. The highest BCUT2D eigenvalue weighted by Gasteiger charge is 2.09. The Morgan fingerprint density at radius 1 is 1.38 bits per heavy atom. The molecule has 0 atom stereocenters. The number of aromatic amines is 1. The van der Waals surface area contributed by atoms with E-state index in [4.69, 9.17) is 5.26 Å². The van der Waals surface area contributed by atoms with Crippen LogP contribution in [0.25, 0.3) is 10.9 Å². The van der Waals surface area contributed by atoms with Crippen LogP contribution >= 0.6 is 0 Å². The molecule has 2 rings (SSSR count). The second kappa shape index (κ2) is 4.02. The van der Waals surface area contributed by atoms with Crippen molar-refractivity contribution in [3.8, 4) is 6.07 Å². The second-order valence-corrected chi connectivity index (χ2v) is 4.52. The number of hydrogen-bond donors (Lipinski definition) is 1. The summed E-state index contributed by atoms with van der Waals surface area (Å²) in [7, 11) is 0. The molecule has 16 heavy (non-hydrogen) atoms. The molecule has 1 aromatic carbocycles. The highest BCUT2D eigenvalue weighted by molar-refractivity contribution is 5.85. The normalized spacial score (nSPS) is 10.9. The van der Waals surface area contributed by atoms with Gasteiger partial charge in [-0.2, -0.15) is 5.26 Å². The molecule has 2 nitrogen and oxygen atoms in total. The van der Waals surface area contributed by atoms with Crippen molar-refractivity contribution in [1.29, 1.82) is 5.26 Å². The van der Waals surface area contributed by atoms with Crippen molar-refractivity contribution in [3.63, 3.8) is 0 Å². The van der Waals surface area contributed by atoms with Crippen LogP contribution in [0.4, 0.5) is 0 Å². The van der Waals surface area contributed by atoms with Gasteiger partial charge in [0.2, 0.25) is 0 Å². The predicted octanol–water partition coefficient (Wildman–Crippen LogP) is 3.67. The van der Waals surface area contributed by atoms with Crippen molar-refractivity contribution in [2.45, 2.75) is 33.1 Å². The number of H-pyrrole nitrogens is 1. The van der Waals surface area contributed by atoms with E-state index in [0.717, 1.165) is 16.8 Å². The molecule has 0 aliphatic rings. The van der Waals surface area contributed by atoms with E-state index in [1.807, 2.05) is 6.92 Å². The molecule has 1 heterocycles. The number of hydrogen-bond acceptors (Lipinski definition) is 1. The summed E-state index contributed by atoms with van der Waals surface area (Å²) >= 11 is 0. The van der Waals surface area contributed by atoms with E-state index in [-0.39, 0.29) is 0 Å². The molecule has 0 amide bonds. The number of benzene rings is 1. The molecule has 2 aromatic rings. The average Bonchev–Trinajstić information content (AvgIpc) is 2.55. The third kappa shape index (κ3) is 1.69. The average molecular weight is 212 g/mol. The fraction of sp³-hybridized carbons (Fsp3) is 0.357. The van der Waals surface area contributed by atoms with Crippen LogP contribution < -0.4 is 0 Å². The summed E-state index contributed by atoms with van der Waals surface area (Å²) in [5.74, 6) is 0.523. The minimum atomic E-state index is 0.480. The first kappa shape index (κ1) is 10.8. The van der Waals surface area contributed by atoms with E-state index in [9.17, 15) is 0 Å². The van der Waals surface area contributed by atoms with Crippen molar-refractivity contribution >= 4 is 10.9 Å². The third-order valence-electron chi connectivity index (χ3n) is 3.07. The fourth-order valence-corrected chi connectivity index (χ4v) is 2.07. The Kier molecular flexibility index (Phi) is 2.70. The number of rotatable bonds is 2. The van der Waals surface area contributed by atoms with E-state index < -0.39 is 0 Å². The van der Waals surface area contributed by atoms with Crippen LogP contribution in [-0.4, -0.2) is 4.98 Å². The Labute approximate surface area is 95.9 Å². The molecule has 0 radical (unpaired) electrons. The van der Waals surface area contributed by atoms with Gasteiger partial charge in [0.25, 0.3) is 0 Å². The summed E-state index contributed by atoms with van der Waals surface area (Å²) in [6.07, 6.45) is 0.480. The highest BCUT2D eigenvalue weighted by Crippen LogP contribution is 2.26. The lowest BCUT2D eigenvalue weighted by Gasteiger charge is -2.05. The van der Waals surface area contributed by atoms with Crippen molar-refractivity contribution in [2.75, 3.05) is 0 Å². The first-order valence-electron chi connectivity index (χ1n) is 5.61. The van der Waals surface area contributed by atoms with E-state index in [1.165, 1.54) is 10.9 Å².